The van der Waals surface area contributed by atoms with Gasteiger partial charge in [-0.1, -0.05) is 43.7 Å². The van der Waals surface area contributed by atoms with E-state index in [4.69, 9.17) is 0 Å². The maximum Gasteiger partial charge on any atom is 0.243 e. The van der Waals surface area contributed by atoms with E-state index < -0.39 is 10.0 Å². The van der Waals surface area contributed by atoms with Crippen LogP contribution in [0.25, 0.3) is 0 Å². The second kappa shape index (κ2) is 12.5. The highest BCUT2D eigenvalue weighted by Gasteiger charge is 2.30. The van der Waals surface area contributed by atoms with E-state index >= 15 is 0 Å². The van der Waals surface area contributed by atoms with Crippen molar-refractivity contribution in [3.05, 3.63) is 59.7 Å². The first-order chi connectivity index (χ1) is 17.8. The molecular weight excluding hydrogens is 484 g/mol. The van der Waals surface area contributed by atoms with Gasteiger partial charge in [-0.05, 0) is 75.1 Å². The molecule has 0 N–H and O–H groups in total. The number of rotatable bonds is 5. The number of piperidine rings is 1. The Hall–Kier alpha value is -2.26. The molecule has 0 unspecified atom stereocenters. The molecule has 2 aliphatic rings. The summed E-state index contributed by atoms with van der Waals surface area (Å²) in [5.74, 6) is -0.0153. The van der Waals surface area contributed by atoms with Crippen LogP contribution in [0.1, 0.15) is 50.7 Å². The predicted octanol–water partition coefficient (Wildman–Crippen LogP) is 3.98. The summed E-state index contributed by atoms with van der Waals surface area (Å²) in [5.41, 5.74) is 3.22. The van der Waals surface area contributed by atoms with Crippen LogP contribution in [0.4, 0.5) is 5.69 Å². The first kappa shape index (κ1) is 27.8. The van der Waals surface area contributed by atoms with E-state index in [1.807, 2.05) is 35.2 Å². The van der Waals surface area contributed by atoms with Gasteiger partial charge in [0.2, 0.25) is 15.9 Å². The normalized spacial score (nSPS) is 19.8. The summed E-state index contributed by atoms with van der Waals surface area (Å²) in [5, 5.41) is 0. The van der Waals surface area contributed by atoms with Gasteiger partial charge in [-0.25, -0.2) is 8.42 Å². The molecule has 2 aromatic rings. The minimum Gasteiger partial charge on any atom is -0.312 e. The van der Waals surface area contributed by atoms with Gasteiger partial charge in [0.25, 0.3) is 0 Å². The van der Waals surface area contributed by atoms with Crippen molar-refractivity contribution >= 4 is 21.6 Å². The summed E-state index contributed by atoms with van der Waals surface area (Å²) in [6.45, 7) is 8.46. The fourth-order valence-corrected chi connectivity index (χ4v) is 7.06. The highest BCUT2D eigenvalue weighted by molar-refractivity contribution is 7.89. The second-order valence-corrected chi connectivity index (χ2v) is 12.4. The lowest BCUT2D eigenvalue weighted by Gasteiger charge is -2.38. The first-order valence-electron chi connectivity index (χ1n) is 13.7. The summed E-state index contributed by atoms with van der Waals surface area (Å²) in [6.07, 6.45) is 4.66. The topological polar surface area (TPSA) is 64.2 Å². The van der Waals surface area contributed by atoms with Crippen molar-refractivity contribution in [3.63, 3.8) is 0 Å². The molecule has 2 aromatic carbocycles. The Balaban J connectivity index is 1.65. The molecule has 0 radical (unpaired) electrons. The lowest BCUT2D eigenvalue weighted by Crippen LogP contribution is -2.47. The van der Waals surface area contributed by atoms with Crippen molar-refractivity contribution in [1.29, 1.82) is 0 Å². The number of carbonyl (C=O) groups excluding carboxylic acids is 1. The van der Waals surface area contributed by atoms with Crippen LogP contribution in [0.3, 0.4) is 0 Å². The molecule has 7 nitrogen and oxygen atoms in total. The molecule has 0 atom stereocenters. The van der Waals surface area contributed by atoms with E-state index in [-0.39, 0.29) is 5.91 Å². The number of anilines is 1. The zero-order valence-electron chi connectivity index (χ0n) is 22.6. The first-order valence-corrected chi connectivity index (χ1v) is 15.1. The molecule has 0 saturated carbocycles. The van der Waals surface area contributed by atoms with E-state index in [1.165, 1.54) is 0 Å². The second-order valence-electron chi connectivity index (χ2n) is 10.5. The Labute approximate surface area is 223 Å². The number of amides is 1. The molecule has 4 rings (SSSR count). The van der Waals surface area contributed by atoms with Gasteiger partial charge in [0, 0.05) is 51.4 Å². The van der Waals surface area contributed by atoms with Gasteiger partial charge < -0.3 is 9.80 Å². The Morgan fingerprint density at radius 2 is 1.62 bits per heavy atom. The summed E-state index contributed by atoms with van der Waals surface area (Å²) in [6, 6.07) is 15.9. The summed E-state index contributed by atoms with van der Waals surface area (Å²) >= 11 is 0. The van der Waals surface area contributed by atoms with E-state index in [1.54, 1.807) is 23.4 Å². The van der Waals surface area contributed by atoms with Gasteiger partial charge in [-0.15, -0.1) is 0 Å². The number of nitrogens with zero attached hydrogens (tertiary/aromatic N) is 4. The maximum absolute atomic E-state index is 13.8. The highest BCUT2D eigenvalue weighted by Crippen LogP contribution is 2.27. The standard InChI is InChI=1S/C29H42N4O3S/c1-4-8-25-11-13-28(14-12-25)37(35,36)32-17-7-18-33(24(2)34)29-10-6-5-9-26(29)23-31(21-22-32)27-15-19-30(3)20-16-27/h5-6,9-14,27H,4,7-8,15-23H2,1-3H3. The quantitative estimate of drug-likeness (QED) is 0.590. The number of carbonyl (C=O) groups is 1. The van der Waals surface area contributed by atoms with Crippen LogP contribution >= 0.6 is 0 Å². The van der Waals surface area contributed by atoms with E-state index in [9.17, 15) is 13.2 Å². The van der Waals surface area contributed by atoms with Gasteiger partial charge in [0.05, 0.1) is 4.90 Å². The zero-order valence-corrected chi connectivity index (χ0v) is 23.4. The molecule has 0 spiro atoms. The van der Waals surface area contributed by atoms with Crippen molar-refractivity contribution in [2.75, 3.05) is 51.2 Å². The third kappa shape index (κ3) is 6.79. The number of benzene rings is 2. The van der Waals surface area contributed by atoms with E-state index in [0.717, 1.165) is 55.6 Å². The van der Waals surface area contributed by atoms with Crippen molar-refractivity contribution in [2.45, 2.75) is 63.4 Å². The minimum absolute atomic E-state index is 0.0153. The maximum atomic E-state index is 13.8. The Kier molecular flexibility index (Phi) is 9.40. The van der Waals surface area contributed by atoms with Crippen LogP contribution < -0.4 is 4.90 Å². The van der Waals surface area contributed by atoms with Crippen molar-refractivity contribution in [2.24, 2.45) is 0 Å². The predicted molar refractivity (Wildman–Crippen MR) is 149 cm³/mol. The van der Waals surface area contributed by atoms with E-state index in [0.29, 0.717) is 50.1 Å². The molecule has 1 saturated heterocycles. The lowest BCUT2D eigenvalue weighted by molar-refractivity contribution is -0.116. The third-order valence-electron chi connectivity index (χ3n) is 7.77. The molecule has 0 aromatic heterocycles. The molecule has 8 heteroatoms. The number of aryl methyl sites for hydroxylation is 1. The number of hydrogen-bond donors (Lipinski definition) is 0. The van der Waals surface area contributed by atoms with E-state index in [2.05, 4.69) is 29.8 Å². The molecular formula is C29H42N4O3S. The number of sulfonamides is 1. The SMILES string of the molecule is CCCc1ccc(S(=O)(=O)N2CCCN(C(C)=O)c3ccccc3CN(C3CCN(C)CC3)CC2)cc1. The summed E-state index contributed by atoms with van der Waals surface area (Å²) in [4.78, 5) is 19.7. The van der Waals surface area contributed by atoms with Crippen LogP contribution in [-0.2, 0) is 27.8 Å². The van der Waals surface area contributed by atoms with Crippen LogP contribution in [0.5, 0.6) is 0 Å². The van der Waals surface area contributed by atoms with Crippen LogP contribution in [0, 0.1) is 0 Å². The van der Waals surface area contributed by atoms with Crippen molar-refractivity contribution in [3.8, 4) is 0 Å². The number of fused-ring (bicyclic) bond motifs is 1. The summed E-state index contributed by atoms with van der Waals surface area (Å²) < 4.78 is 29.2. The van der Waals surface area contributed by atoms with Crippen LogP contribution in [0.15, 0.2) is 53.4 Å². The average molecular weight is 527 g/mol. The number of hydrogen-bond acceptors (Lipinski definition) is 5. The monoisotopic (exact) mass is 526 g/mol. The summed E-state index contributed by atoms with van der Waals surface area (Å²) in [7, 11) is -1.49. The van der Waals surface area contributed by atoms with Gasteiger partial charge >= 0.3 is 0 Å². The zero-order chi connectivity index (χ0) is 26.4. The Morgan fingerprint density at radius 1 is 0.919 bits per heavy atom. The molecule has 37 heavy (non-hydrogen) atoms. The van der Waals surface area contributed by atoms with Crippen LogP contribution in [0.2, 0.25) is 0 Å². The molecule has 0 bridgehead atoms. The van der Waals surface area contributed by atoms with Gasteiger partial charge in [0.1, 0.15) is 0 Å². The molecule has 0 aliphatic carbocycles. The Bertz CT molecular complexity index is 1140. The minimum atomic E-state index is -3.65. The average Bonchev–Trinajstić information content (AvgIpc) is 2.92. The molecule has 1 fully saturated rings. The number of likely N-dealkylation sites (tertiary alicyclic amines) is 1. The highest BCUT2D eigenvalue weighted by atomic mass is 32.2. The lowest BCUT2D eigenvalue weighted by atomic mass is 10.0. The third-order valence-corrected chi connectivity index (χ3v) is 9.68. The molecule has 2 aliphatic heterocycles. The molecule has 2 heterocycles. The Morgan fingerprint density at radius 3 is 2.30 bits per heavy atom. The van der Waals surface area contributed by atoms with Crippen LogP contribution in [-0.4, -0.2) is 80.8 Å². The molecule has 202 valence electrons. The molecule has 1 amide bonds. The van der Waals surface area contributed by atoms with Gasteiger partial charge in [-0.2, -0.15) is 4.31 Å². The van der Waals surface area contributed by atoms with Crippen molar-refractivity contribution in [1.82, 2.24) is 14.1 Å². The number of para-hydroxylation sites is 1. The fourth-order valence-electron chi connectivity index (χ4n) is 5.59. The van der Waals surface area contributed by atoms with Gasteiger partial charge in [-0.3, -0.25) is 9.69 Å². The van der Waals surface area contributed by atoms with Crippen molar-refractivity contribution < 1.29 is 13.2 Å². The largest absolute Gasteiger partial charge is 0.312 e. The smallest absolute Gasteiger partial charge is 0.243 e. The van der Waals surface area contributed by atoms with Gasteiger partial charge in [0.15, 0.2) is 0 Å². The fraction of sp³-hybridized carbons (Fsp3) is 0.552.